The Morgan fingerprint density at radius 3 is 2.63 bits per heavy atom. The van der Waals surface area contributed by atoms with Crippen molar-refractivity contribution in [2.75, 3.05) is 11.9 Å². The van der Waals surface area contributed by atoms with E-state index in [1.165, 1.54) is 0 Å². The minimum atomic E-state index is 0.301. The number of aryl methyl sites for hydroxylation is 1. The first-order valence-electron chi connectivity index (χ1n) is 6.26. The fourth-order valence-corrected chi connectivity index (χ4v) is 2.15. The Labute approximate surface area is 122 Å². The van der Waals surface area contributed by atoms with Gasteiger partial charge in [-0.05, 0) is 35.0 Å². The predicted molar refractivity (Wildman–Crippen MR) is 79.4 cm³/mol. The Hall–Kier alpha value is -1.36. The highest BCUT2D eigenvalue weighted by Gasteiger charge is 2.11. The van der Waals surface area contributed by atoms with Gasteiger partial charge in [0.1, 0.15) is 27.8 Å². The van der Waals surface area contributed by atoms with Gasteiger partial charge in [0.05, 0.1) is 6.54 Å². The molecule has 0 fully saturated rings. The molecule has 0 unspecified atom stereocenters. The third kappa shape index (κ3) is 3.56. The highest BCUT2D eigenvalue weighted by Crippen LogP contribution is 2.21. The maximum atomic E-state index is 5.59. The smallest absolute Gasteiger partial charge is 0.134 e. The Morgan fingerprint density at radius 1 is 1.32 bits per heavy atom. The molecule has 2 heterocycles. The van der Waals surface area contributed by atoms with Gasteiger partial charge in [0.15, 0.2) is 0 Å². The molecule has 0 saturated heterocycles. The van der Waals surface area contributed by atoms with E-state index in [0.717, 1.165) is 27.8 Å². The molecule has 5 heteroatoms. The summed E-state index contributed by atoms with van der Waals surface area (Å²) in [6.45, 7) is 6.80. The fraction of sp³-hybridized carbons (Fsp3) is 0.429. The number of halogens is 1. The van der Waals surface area contributed by atoms with E-state index in [2.05, 4.69) is 44.6 Å². The van der Waals surface area contributed by atoms with Gasteiger partial charge in [0.2, 0.25) is 0 Å². The Balaban J connectivity index is 2.20. The van der Waals surface area contributed by atoms with Crippen molar-refractivity contribution >= 4 is 21.7 Å². The zero-order chi connectivity index (χ0) is 14.0. The van der Waals surface area contributed by atoms with Gasteiger partial charge in [0.25, 0.3) is 0 Å². The molecular formula is C14H18BrN3O. The number of rotatable bonds is 4. The molecule has 0 radical (unpaired) electrons. The van der Waals surface area contributed by atoms with Crippen LogP contribution < -0.4 is 4.90 Å². The lowest BCUT2D eigenvalue weighted by Gasteiger charge is -2.18. The summed E-state index contributed by atoms with van der Waals surface area (Å²) in [6, 6.07) is 5.88. The van der Waals surface area contributed by atoms with Crippen LogP contribution in [-0.4, -0.2) is 17.0 Å². The second-order valence-corrected chi connectivity index (χ2v) is 5.74. The molecule has 0 aliphatic carbocycles. The first kappa shape index (κ1) is 14.1. The molecule has 4 nitrogen and oxygen atoms in total. The van der Waals surface area contributed by atoms with Crippen LogP contribution in [0.2, 0.25) is 0 Å². The minimum absolute atomic E-state index is 0.301. The van der Waals surface area contributed by atoms with Gasteiger partial charge in [0, 0.05) is 19.0 Å². The molecule has 102 valence electrons. The van der Waals surface area contributed by atoms with Crippen molar-refractivity contribution in [1.29, 1.82) is 0 Å². The van der Waals surface area contributed by atoms with E-state index in [4.69, 9.17) is 4.42 Å². The van der Waals surface area contributed by atoms with Gasteiger partial charge >= 0.3 is 0 Å². The van der Waals surface area contributed by atoms with E-state index in [-0.39, 0.29) is 0 Å². The van der Waals surface area contributed by atoms with Gasteiger partial charge in [-0.15, -0.1) is 0 Å². The molecule has 2 aromatic heterocycles. The standard InChI is InChI=1S/C14H18BrN3O/c1-9(2)14-16-12(15)7-13(17-14)18(4)8-11-6-5-10(3)19-11/h5-7,9H,8H2,1-4H3. The highest BCUT2D eigenvalue weighted by atomic mass is 79.9. The van der Waals surface area contributed by atoms with Crippen LogP contribution in [0.15, 0.2) is 27.2 Å². The molecule has 0 aliphatic heterocycles. The van der Waals surface area contributed by atoms with Crippen LogP contribution in [0.25, 0.3) is 0 Å². The second-order valence-electron chi connectivity index (χ2n) is 4.93. The summed E-state index contributed by atoms with van der Waals surface area (Å²) in [5.41, 5.74) is 0. The molecule has 0 bridgehead atoms. The van der Waals surface area contributed by atoms with Crippen molar-refractivity contribution in [2.45, 2.75) is 33.2 Å². The number of nitrogens with zero attached hydrogens (tertiary/aromatic N) is 3. The summed E-state index contributed by atoms with van der Waals surface area (Å²) >= 11 is 3.44. The van der Waals surface area contributed by atoms with Crippen LogP contribution in [0.5, 0.6) is 0 Å². The van der Waals surface area contributed by atoms with Crippen molar-refractivity contribution in [3.8, 4) is 0 Å². The number of hydrogen-bond acceptors (Lipinski definition) is 4. The summed E-state index contributed by atoms with van der Waals surface area (Å²) in [5.74, 6) is 3.89. The molecule has 0 amide bonds. The average molecular weight is 324 g/mol. The summed E-state index contributed by atoms with van der Waals surface area (Å²) < 4.78 is 6.40. The van der Waals surface area contributed by atoms with Crippen LogP contribution in [0.3, 0.4) is 0 Å². The first-order chi connectivity index (χ1) is 8.95. The molecule has 19 heavy (non-hydrogen) atoms. The molecule has 0 spiro atoms. The topological polar surface area (TPSA) is 42.2 Å². The Kier molecular flexibility index (Phi) is 4.24. The molecule has 2 aromatic rings. The molecule has 0 N–H and O–H groups in total. The molecule has 0 atom stereocenters. The lowest BCUT2D eigenvalue weighted by atomic mass is 10.2. The lowest BCUT2D eigenvalue weighted by Crippen LogP contribution is -2.18. The van der Waals surface area contributed by atoms with Crippen LogP contribution in [-0.2, 0) is 6.54 Å². The van der Waals surface area contributed by atoms with Gasteiger partial charge in [-0.25, -0.2) is 9.97 Å². The van der Waals surface area contributed by atoms with E-state index in [1.54, 1.807) is 0 Å². The van der Waals surface area contributed by atoms with Crippen LogP contribution in [0, 0.1) is 6.92 Å². The number of hydrogen-bond donors (Lipinski definition) is 0. The van der Waals surface area contributed by atoms with E-state index < -0.39 is 0 Å². The zero-order valence-electron chi connectivity index (χ0n) is 11.6. The minimum Gasteiger partial charge on any atom is -0.464 e. The monoisotopic (exact) mass is 323 g/mol. The molecule has 0 aromatic carbocycles. The highest BCUT2D eigenvalue weighted by molar-refractivity contribution is 9.10. The number of anilines is 1. The van der Waals surface area contributed by atoms with Crippen molar-refractivity contribution in [1.82, 2.24) is 9.97 Å². The van der Waals surface area contributed by atoms with Crippen molar-refractivity contribution in [3.63, 3.8) is 0 Å². The SMILES string of the molecule is Cc1ccc(CN(C)c2cc(Br)nc(C(C)C)n2)o1. The third-order valence-corrected chi connectivity index (χ3v) is 3.20. The van der Waals surface area contributed by atoms with Crippen LogP contribution in [0.1, 0.15) is 37.1 Å². The van der Waals surface area contributed by atoms with Crippen molar-refractivity contribution in [2.24, 2.45) is 0 Å². The van der Waals surface area contributed by atoms with Gasteiger partial charge in [-0.2, -0.15) is 0 Å². The maximum Gasteiger partial charge on any atom is 0.134 e. The van der Waals surface area contributed by atoms with Crippen LogP contribution >= 0.6 is 15.9 Å². The lowest BCUT2D eigenvalue weighted by molar-refractivity contribution is 0.481. The van der Waals surface area contributed by atoms with Crippen molar-refractivity contribution < 1.29 is 4.42 Å². The quantitative estimate of drug-likeness (QED) is 0.800. The normalized spacial score (nSPS) is 11.1. The van der Waals surface area contributed by atoms with E-state index in [0.29, 0.717) is 12.5 Å². The average Bonchev–Trinajstić information content (AvgIpc) is 2.73. The summed E-state index contributed by atoms with van der Waals surface area (Å²) in [4.78, 5) is 11.0. The summed E-state index contributed by atoms with van der Waals surface area (Å²) in [7, 11) is 2.00. The predicted octanol–water partition coefficient (Wildman–Crippen LogP) is 3.90. The van der Waals surface area contributed by atoms with E-state index in [9.17, 15) is 0 Å². The molecular weight excluding hydrogens is 306 g/mol. The van der Waals surface area contributed by atoms with E-state index in [1.807, 2.05) is 32.2 Å². The van der Waals surface area contributed by atoms with Gasteiger partial charge < -0.3 is 9.32 Å². The van der Waals surface area contributed by atoms with Gasteiger partial charge in [-0.1, -0.05) is 13.8 Å². The van der Waals surface area contributed by atoms with Crippen molar-refractivity contribution in [3.05, 3.63) is 40.1 Å². The number of furan rings is 1. The maximum absolute atomic E-state index is 5.59. The third-order valence-electron chi connectivity index (χ3n) is 2.80. The molecule has 2 rings (SSSR count). The Bertz CT molecular complexity index is 566. The largest absolute Gasteiger partial charge is 0.464 e. The summed E-state index contributed by atoms with van der Waals surface area (Å²) in [5, 5.41) is 0. The van der Waals surface area contributed by atoms with Crippen LogP contribution in [0.4, 0.5) is 5.82 Å². The zero-order valence-corrected chi connectivity index (χ0v) is 13.2. The van der Waals surface area contributed by atoms with Gasteiger partial charge in [-0.3, -0.25) is 0 Å². The number of aromatic nitrogens is 2. The Morgan fingerprint density at radius 2 is 2.05 bits per heavy atom. The molecule has 0 aliphatic rings. The fourth-order valence-electron chi connectivity index (χ4n) is 1.76. The van der Waals surface area contributed by atoms with E-state index >= 15 is 0 Å². The second kappa shape index (κ2) is 5.74. The summed E-state index contributed by atoms with van der Waals surface area (Å²) in [6.07, 6.45) is 0. The molecule has 0 saturated carbocycles. The first-order valence-corrected chi connectivity index (χ1v) is 7.06.